The standard InChI is InChI=1S/C17H17ClFNO2/c1-10-7-14(11(2)20(10)13-4-5-13)16(21)9-22-17-6-3-12(19)8-15(17)18/h3,6-8,13H,4-5,9H2,1-2H3. The van der Waals surface area contributed by atoms with E-state index in [1.807, 2.05) is 19.9 Å². The fourth-order valence-corrected chi connectivity index (χ4v) is 2.99. The molecular formula is C17H17ClFNO2. The molecule has 0 atom stereocenters. The number of rotatable bonds is 5. The van der Waals surface area contributed by atoms with Crippen molar-refractivity contribution in [1.29, 1.82) is 0 Å². The van der Waals surface area contributed by atoms with Crippen molar-refractivity contribution >= 4 is 17.4 Å². The van der Waals surface area contributed by atoms with Crippen molar-refractivity contribution in [3.63, 3.8) is 0 Å². The summed E-state index contributed by atoms with van der Waals surface area (Å²) in [6.07, 6.45) is 2.34. The monoisotopic (exact) mass is 321 g/mol. The molecule has 3 rings (SSSR count). The van der Waals surface area contributed by atoms with Gasteiger partial charge in [-0.25, -0.2) is 4.39 Å². The predicted molar refractivity (Wildman–Crippen MR) is 83.4 cm³/mol. The molecule has 1 heterocycles. The van der Waals surface area contributed by atoms with Gasteiger partial charge in [0, 0.05) is 23.0 Å². The van der Waals surface area contributed by atoms with E-state index < -0.39 is 5.82 Å². The van der Waals surface area contributed by atoms with Crippen molar-refractivity contribution in [2.45, 2.75) is 32.7 Å². The topological polar surface area (TPSA) is 31.2 Å². The van der Waals surface area contributed by atoms with Crippen LogP contribution in [0, 0.1) is 19.7 Å². The molecule has 1 aromatic carbocycles. The molecule has 1 aliphatic carbocycles. The van der Waals surface area contributed by atoms with Gasteiger partial charge in [0.15, 0.2) is 6.61 Å². The molecule has 0 aliphatic heterocycles. The highest BCUT2D eigenvalue weighted by Crippen LogP contribution is 2.38. The highest BCUT2D eigenvalue weighted by atomic mass is 35.5. The van der Waals surface area contributed by atoms with E-state index in [9.17, 15) is 9.18 Å². The number of hydrogen-bond donors (Lipinski definition) is 0. The number of aromatic nitrogens is 1. The van der Waals surface area contributed by atoms with Gasteiger partial charge < -0.3 is 9.30 Å². The molecule has 0 N–H and O–H groups in total. The first-order valence-corrected chi connectivity index (χ1v) is 7.64. The summed E-state index contributed by atoms with van der Waals surface area (Å²) in [7, 11) is 0. The van der Waals surface area contributed by atoms with Crippen LogP contribution in [0.5, 0.6) is 5.75 Å². The second kappa shape index (κ2) is 5.76. The average molecular weight is 322 g/mol. The fraction of sp³-hybridized carbons (Fsp3) is 0.353. The van der Waals surface area contributed by atoms with Gasteiger partial charge in [0.25, 0.3) is 0 Å². The first-order chi connectivity index (χ1) is 10.5. The van der Waals surface area contributed by atoms with Crippen LogP contribution in [0.3, 0.4) is 0 Å². The molecule has 2 aromatic rings. The summed E-state index contributed by atoms with van der Waals surface area (Å²) in [6.45, 7) is 3.86. The summed E-state index contributed by atoms with van der Waals surface area (Å²) in [4.78, 5) is 12.4. The zero-order chi connectivity index (χ0) is 15.9. The van der Waals surface area contributed by atoms with E-state index in [2.05, 4.69) is 4.57 Å². The molecule has 0 spiro atoms. The van der Waals surface area contributed by atoms with Crippen molar-refractivity contribution in [2.75, 3.05) is 6.61 Å². The molecule has 0 radical (unpaired) electrons. The Morgan fingerprint density at radius 3 is 2.73 bits per heavy atom. The maximum absolute atomic E-state index is 13.0. The summed E-state index contributed by atoms with van der Waals surface area (Å²) in [5, 5.41) is 0.163. The molecular weight excluding hydrogens is 305 g/mol. The lowest BCUT2D eigenvalue weighted by molar-refractivity contribution is 0.0921. The molecule has 0 bridgehead atoms. The minimum Gasteiger partial charge on any atom is -0.484 e. The van der Waals surface area contributed by atoms with Crippen LogP contribution in [0.1, 0.15) is 40.6 Å². The van der Waals surface area contributed by atoms with Gasteiger partial charge in [-0.1, -0.05) is 11.6 Å². The van der Waals surface area contributed by atoms with E-state index in [1.54, 1.807) is 0 Å². The number of benzene rings is 1. The minimum atomic E-state index is -0.434. The van der Waals surface area contributed by atoms with Crippen molar-refractivity contribution in [2.24, 2.45) is 0 Å². The normalized spacial score (nSPS) is 14.2. The molecule has 116 valence electrons. The van der Waals surface area contributed by atoms with E-state index in [-0.39, 0.29) is 17.4 Å². The maximum Gasteiger partial charge on any atom is 0.202 e. The largest absolute Gasteiger partial charge is 0.484 e. The van der Waals surface area contributed by atoms with E-state index in [0.717, 1.165) is 11.4 Å². The van der Waals surface area contributed by atoms with Crippen LogP contribution in [0.25, 0.3) is 0 Å². The molecule has 1 saturated carbocycles. The van der Waals surface area contributed by atoms with Gasteiger partial charge in [0.2, 0.25) is 5.78 Å². The number of aryl methyl sites for hydroxylation is 1. The number of carbonyl (C=O) groups is 1. The Bertz CT molecular complexity index is 735. The van der Waals surface area contributed by atoms with Crippen LogP contribution in [0.2, 0.25) is 5.02 Å². The van der Waals surface area contributed by atoms with Gasteiger partial charge in [0.05, 0.1) is 5.02 Å². The van der Waals surface area contributed by atoms with Gasteiger partial charge in [-0.3, -0.25) is 4.79 Å². The quantitative estimate of drug-likeness (QED) is 0.760. The summed E-state index contributed by atoms with van der Waals surface area (Å²) < 4.78 is 20.6. The van der Waals surface area contributed by atoms with Gasteiger partial charge in [0.1, 0.15) is 11.6 Å². The van der Waals surface area contributed by atoms with E-state index in [4.69, 9.17) is 16.3 Å². The highest BCUT2D eigenvalue weighted by Gasteiger charge is 2.28. The van der Waals surface area contributed by atoms with E-state index >= 15 is 0 Å². The number of nitrogens with zero attached hydrogens (tertiary/aromatic N) is 1. The Labute approximate surface area is 133 Å². The summed E-state index contributed by atoms with van der Waals surface area (Å²) >= 11 is 5.89. The summed E-state index contributed by atoms with van der Waals surface area (Å²) in [5.41, 5.74) is 2.77. The maximum atomic E-state index is 13.0. The SMILES string of the molecule is Cc1cc(C(=O)COc2ccc(F)cc2Cl)c(C)n1C1CC1. The number of ether oxygens (including phenoxy) is 1. The van der Waals surface area contributed by atoms with Gasteiger partial charge in [-0.05, 0) is 51.0 Å². The zero-order valence-corrected chi connectivity index (χ0v) is 13.3. The van der Waals surface area contributed by atoms with Crippen molar-refractivity contribution < 1.29 is 13.9 Å². The molecule has 1 aliphatic rings. The summed E-state index contributed by atoms with van der Waals surface area (Å²) in [6, 6.07) is 6.30. The third-order valence-corrected chi connectivity index (χ3v) is 4.24. The van der Waals surface area contributed by atoms with Crippen molar-refractivity contribution in [3.05, 3.63) is 52.1 Å². The third-order valence-electron chi connectivity index (χ3n) is 3.95. The molecule has 0 unspecified atom stereocenters. The Morgan fingerprint density at radius 1 is 1.36 bits per heavy atom. The van der Waals surface area contributed by atoms with Crippen LogP contribution in [0.15, 0.2) is 24.3 Å². The van der Waals surface area contributed by atoms with Crippen molar-refractivity contribution in [3.8, 4) is 5.75 Å². The predicted octanol–water partition coefficient (Wildman–Crippen LogP) is 4.49. The fourth-order valence-electron chi connectivity index (χ4n) is 2.77. The average Bonchev–Trinajstić information content (AvgIpc) is 3.24. The lowest BCUT2D eigenvalue weighted by Gasteiger charge is -2.09. The van der Waals surface area contributed by atoms with E-state index in [0.29, 0.717) is 17.4 Å². The minimum absolute atomic E-state index is 0.0969. The molecule has 22 heavy (non-hydrogen) atoms. The number of carbonyl (C=O) groups excluding carboxylic acids is 1. The van der Waals surface area contributed by atoms with E-state index in [1.165, 1.54) is 31.0 Å². The van der Waals surface area contributed by atoms with Crippen LogP contribution in [-0.4, -0.2) is 17.0 Å². The Hall–Kier alpha value is -1.81. The van der Waals surface area contributed by atoms with Crippen LogP contribution < -0.4 is 4.74 Å². The molecule has 1 aromatic heterocycles. The van der Waals surface area contributed by atoms with Crippen LogP contribution >= 0.6 is 11.6 Å². The summed E-state index contributed by atoms with van der Waals surface area (Å²) in [5.74, 6) is -0.218. The zero-order valence-electron chi connectivity index (χ0n) is 12.5. The Morgan fingerprint density at radius 2 is 2.09 bits per heavy atom. The Balaban J connectivity index is 1.73. The number of ketones is 1. The molecule has 5 heteroatoms. The van der Waals surface area contributed by atoms with Gasteiger partial charge in [-0.2, -0.15) is 0 Å². The smallest absolute Gasteiger partial charge is 0.202 e. The lowest BCUT2D eigenvalue weighted by atomic mass is 10.1. The van der Waals surface area contributed by atoms with Crippen molar-refractivity contribution in [1.82, 2.24) is 4.57 Å². The number of hydrogen-bond acceptors (Lipinski definition) is 2. The Kier molecular flexibility index (Phi) is 3.96. The number of Topliss-reactive ketones (excluding diaryl/α,β-unsaturated/α-hetero) is 1. The first kappa shape index (κ1) is 15.1. The molecule has 1 fully saturated rings. The molecule has 0 amide bonds. The van der Waals surface area contributed by atoms with Gasteiger partial charge in [-0.15, -0.1) is 0 Å². The third kappa shape index (κ3) is 2.88. The first-order valence-electron chi connectivity index (χ1n) is 7.27. The van der Waals surface area contributed by atoms with Crippen LogP contribution in [0.4, 0.5) is 4.39 Å². The second-order valence-electron chi connectivity index (χ2n) is 5.67. The molecule has 0 saturated heterocycles. The number of halogens is 2. The van der Waals surface area contributed by atoms with Crippen LogP contribution in [-0.2, 0) is 0 Å². The second-order valence-corrected chi connectivity index (χ2v) is 6.08. The van der Waals surface area contributed by atoms with Gasteiger partial charge >= 0.3 is 0 Å². The lowest BCUT2D eigenvalue weighted by Crippen LogP contribution is -2.13. The highest BCUT2D eigenvalue weighted by molar-refractivity contribution is 6.32. The molecule has 3 nitrogen and oxygen atoms in total.